The van der Waals surface area contributed by atoms with Gasteiger partial charge in [-0.15, -0.1) is 10.2 Å². The molecule has 1 aromatic rings. The van der Waals surface area contributed by atoms with Gasteiger partial charge in [0.1, 0.15) is 6.33 Å². The summed E-state index contributed by atoms with van der Waals surface area (Å²) in [5.74, 6) is 1.46. The highest BCUT2D eigenvalue weighted by atomic mass is 15.3. The molecule has 4 heteroatoms. The van der Waals surface area contributed by atoms with Crippen LogP contribution in [0.2, 0.25) is 0 Å². The smallest absolute Gasteiger partial charge is 0.152 e. The van der Waals surface area contributed by atoms with Crippen LogP contribution in [0, 0.1) is 5.92 Å². The second-order valence-corrected chi connectivity index (χ2v) is 4.47. The van der Waals surface area contributed by atoms with Gasteiger partial charge in [0.15, 0.2) is 5.82 Å². The van der Waals surface area contributed by atoms with Gasteiger partial charge >= 0.3 is 0 Å². The predicted octanol–water partition coefficient (Wildman–Crippen LogP) is 1.52. The Morgan fingerprint density at radius 3 is 2.71 bits per heavy atom. The van der Waals surface area contributed by atoms with Crippen molar-refractivity contribution in [3.05, 3.63) is 12.2 Å². The first kappa shape index (κ1) is 11.2. The first-order chi connectivity index (χ1) is 6.47. The first-order valence-corrected chi connectivity index (χ1v) is 5.14. The van der Waals surface area contributed by atoms with E-state index in [9.17, 15) is 0 Å². The zero-order valence-corrected chi connectivity index (χ0v) is 9.49. The molecule has 2 N–H and O–H groups in total. The molecule has 0 aliphatic carbocycles. The van der Waals surface area contributed by atoms with E-state index in [4.69, 9.17) is 5.73 Å². The Balaban J connectivity index is 2.92. The Morgan fingerprint density at radius 1 is 1.57 bits per heavy atom. The van der Waals surface area contributed by atoms with Crippen molar-refractivity contribution in [3.63, 3.8) is 0 Å². The molecule has 14 heavy (non-hydrogen) atoms. The molecular weight excluding hydrogens is 176 g/mol. The molecule has 0 aliphatic heterocycles. The summed E-state index contributed by atoms with van der Waals surface area (Å²) < 4.78 is 2.05. The molecule has 0 aliphatic rings. The van der Waals surface area contributed by atoms with Gasteiger partial charge in [0.05, 0.1) is 5.54 Å². The Hall–Kier alpha value is -0.900. The van der Waals surface area contributed by atoms with Gasteiger partial charge in [0, 0.05) is 6.54 Å². The summed E-state index contributed by atoms with van der Waals surface area (Å²) in [6, 6.07) is 0. The molecule has 1 unspecified atom stereocenters. The minimum absolute atomic E-state index is 0.370. The molecule has 1 aromatic heterocycles. The van der Waals surface area contributed by atoms with Crippen LogP contribution in [0.3, 0.4) is 0 Å². The minimum atomic E-state index is -0.370. The highest BCUT2D eigenvalue weighted by Gasteiger charge is 2.24. The summed E-state index contributed by atoms with van der Waals surface area (Å²) >= 11 is 0. The number of nitrogens with zero attached hydrogens (tertiary/aromatic N) is 3. The number of nitrogens with two attached hydrogens (primary N) is 1. The van der Waals surface area contributed by atoms with Gasteiger partial charge in [-0.3, -0.25) is 0 Å². The first-order valence-electron chi connectivity index (χ1n) is 5.14. The zero-order valence-electron chi connectivity index (χ0n) is 9.49. The summed E-state index contributed by atoms with van der Waals surface area (Å²) in [5.41, 5.74) is 5.77. The lowest BCUT2D eigenvalue weighted by Crippen LogP contribution is -2.35. The monoisotopic (exact) mass is 196 g/mol. The molecular formula is C10H20N4. The van der Waals surface area contributed by atoms with Crippen LogP contribution in [0.15, 0.2) is 6.33 Å². The molecule has 80 valence electrons. The predicted molar refractivity (Wildman–Crippen MR) is 56.7 cm³/mol. The van der Waals surface area contributed by atoms with Gasteiger partial charge in [-0.25, -0.2) is 0 Å². The van der Waals surface area contributed by atoms with Crippen LogP contribution >= 0.6 is 0 Å². The highest BCUT2D eigenvalue weighted by molar-refractivity contribution is 5.02. The van der Waals surface area contributed by atoms with E-state index in [0.717, 1.165) is 18.8 Å². The number of rotatable bonds is 4. The lowest BCUT2D eigenvalue weighted by atomic mass is 9.99. The third kappa shape index (κ3) is 2.32. The maximum absolute atomic E-state index is 6.13. The fraction of sp³-hybridized carbons (Fsp3) is 0.800. The van der Waals surface area contributed by atoms with Crippen molar-refractivity contribution in [1.82, 2.24) is 14.8 Å². The maximum Gasteiger partial charge on any atom is 0.152 e. The Bertz CT molecular complexity index is 288. The fourth-order valence-corrected chi connectivity index (χ4v) is 1.38. The molecule has 0 bridgehead atoms. The third-order valence-electron chi connectivity index (χ3n) is 2.42. The zero-order chi connectivity index (χ0) is 10.8. The molecule has 1 rings (SSSR count). The van der Waals surface area contributed by atoms with Crippen LogP contribution in [-0.4, -0.2) is 14.8 Å². The molecule has 0 amide bonds. The van der Waals surface area contributed by atoms with Crippen LogP contribution in [-0.2, 0) is 12.1 Å². The van der Waals surface area contributed by atoms with Crippen molar-refractivity contribution in [2.45, 2.75) is 46.2 Å². The van der Waals surface area contributed by atoms with E-state index < -0.39 is 0 Å². The Kier molecular flexibility index (Phi) is 3.26. The van der Waals surface area contributed by atoms with Gasteiger partial charge in [-0.05, 0) is 19.3 Å². The Morgan fingerprint density at radius 2 is 2.21 bits per heavy atom. The van der Waals surface area contributed by atoms with Crippen molar-refractivity contribution in [1.29, 1.82) is 0 Å². The van der Waals surface area contributed by atoms with Gasteiger partial charge in [-0.2, -0.15) is 0 Å². The van der Waals surface area contributed by atoms with E-state index in [1.165, 1.54) is 0 Å². The summed E-state index contributed by atoms with van der Waals surface area (Å²) in [6.45, 7) is 9.32. The summed E-state index contributed by atoms with van der Waals surface area (Å²) in [5, 5.41) is 8.02. The van der Waals surface area contributed by atoms with Crippen molar-refractivity contribution in [3.8, 4) is 0 Å². The summed E-state index contributed by atoms with van der Waals surface area (Å²) in [4.78, 5) is 0. The SMILES string of the molecule is CCC(C)(N)c1nncn1CC(C)C. The van der Waals surface area contributed by atoms with E-state index in [1.807, 2.05) is 11.5 Å². The van der Waals surface area contributed by atoms with Crippen molar-refractivity contribution in [2.75, 3.05) is 0 Å². The largest absolute Gasteiger partial charge is 0.319 e. The molecule has 0 fully saturated rings. The fourth-order valence-electron chi connectivity index (χ4n) is 1.38. The van der Waals surface area contributed by atoms with Crippen molar-refractivity contribution < 1.29 is 0 Å². The lowest BCUT2D eigenvalue weighted by molar-refractivity contribution is 0.399. The summed E-state index contributed by atoms with van der Waals surface area (Å²) in [6.07, 6.45) is 2.62. The molecule has 0 aromatic carbocycles. The van der Waals surface area contributed by atoms with Crippen molar-refractivity contribution in [2.24, 2.45) is 11.7 Å². The minimum Gasteiger partial charge on any atom is -0.319 e. The van der Waals surface area contributed by atoms with Crippen LogP contribution in [0.5, 0.6) is 0 Å². The third-order valence-corrected chi connectivity index (χ3v) is 2.42. The average Bonchev–Trinajstić information content (AvgIpc) is 2.52. The Labute approximate surface area is 85.5 Å². The normalized spacial score (nSPS) is 15.9. The van der Waals surface area contributed by atoms with Crippen molar-refractivity contribution >= 4 is 0 Å². The van der Waals surface area contributed by atoms with Crippen LogP contribution in [0.4, 0.5) is 0 Å². The van der Waals surface area contributed by atoms with E-state index in [-0.39, 0.29) is 5.54 Å². The van der Waals surface area contributed by atoms with Crippen LogP contribution in [0.25, 0.3) is 0 Å². The second-order valence-electron chi connectivity index (χ2n) is 4.47. The van der Waals surface area contributed by atoms with Gasteiger partial charge in [-0.1, -0.05) is 20.8 Å². The standard InChI is InChI=1S/C10H20N4/c1-5-10(4,11)9-13-12-7-14(9)6-8(2)3/h7-8H,5-6,11H2,1-4H3. The molecule has 0 radical (unpaired) electrons. The number of aromatic nitrogens is 3. The highest BCUT2D eigenvalue weighted by Crippen LogP contribution is 2.19. The van der Waals surface area contributed by atoms with Gasteiger partial charge in [0.25, 0.3) is 0 Å². The van der Waals surface area contributed by atoms with Gasteiger partial charge in [0.2, 0.25) is 0 Å². The number of hydrogen-bond acceptors (Lipinski definition) is 3. The second kappa shape index (κ2) is 4.09. The molecule has 0 spiro atoms. The van der Waals surface area contributed by atoms with Crippen LogP contribution < -0.4 is 5.73 Å². The van der Waals surface area contributed by atoms with E-state index in [0.29, 0.717) is 5.92 Å². The molecule has 4 nitrogen and oxygen atoms in total. The summed E-state index contributed by atoms with van der Waals surface area (Å²) in [7, 11) is 0. The number of hydrogen-bond donors (Lipinski definition) is 1. The average molecular weight is 196 g/mol. The van der Waals surface area contributed by atoms with Gasteiger partial charge < -0.3 is 10.3 Å². The molecule has 1 heterocycles. The topological polar surface area (TPSA) is 56.7 Å². The molecule has 0 saturated heterocycles. The maximum atomic E-state index is 6.13. The van der Waals surface area contributed by atoms with E-state index >= 15 is 0 Å². The van der Waals surface area contributed by atoms with E-state index in [2.05, 4.69) is 31.0 Å². The lowest BCUT2D eigenvalue weighted by Gasteiger charge is -2.22. The quantitative estimate of drug-likeness (QED) is 0.794. The molecule has 1 atom stereocenters. The van der Waals surface area contributed by atoms with E-state index in [1.54, 1.807) is 6.33 Å². The van der Waals surface area contributed by atoms with Crippen LogP contribution in [0.1, 0.15) is 39.9 Å². The molecule has 0 saturated carbocycles.